The van der Waals surface area contributed by atoms with Crippen LogP contribution in [0.5, 0.6) is 5.88 Å². The maximum atomic E-state index is 8.78. The molecule has 0 saturated carbocycles. The van der Waals surface area contributed by atoms with E-state index >= 15 is 0 Å². The van der Waals surface area contributed by atoms with Gasteiger partial charge in [0.1, 0.15) is 5.82 Å². The van der Waals surface area contributed by atoms with Gasteiger partial charge in [0, 0.05) is 6.42 Å². The monoisotopic (exact) mass is 196 g/mol. The van der Waals surface area contributed by atoms with Gasteiger partial charge < -0.3 is 14.6 Å². The van der Waals surface area contributed by atoms with E-state index in [9.17, 15) is 0 Å². The molecule has 2 rings (SSSR count). The first-order valence-electron chi connectivity index (χ1n) is 4.46. The fourth-order valence-corrected chi connectivity index (χ4v) is 1.45. The summed E-state index contributed by atoms with van der Waals surface area (Å²) in [5.41, 5.74) is 1.80. The van der Waals surface area contributed by atoms with Crippen LogP contribution in [0.25, 0.3) is 0 Å². The first kappa shape index (κ1) is 9.36. The highest BCUT2D eigenvalue weighted by atomic mass is 16.5. The topological polar surface area (TPSA) is 64.5 Å². The largest absolute Gasteiger partial charge is 0.481 e. The lowest BCUT2D eigenvalue weighted by Gasteiger charge is -2.06. The van der Waals surface area contributed by atoms with Crippen LogP contribution >= 0.6 is 0 Å². The fraction of sp³-hybridized carbons (Fsp3) is 0.556. The zero-order chi connectivity index (χ0) is 9.97. The quantitative estimate of drug-likeness (QED) is 0.740. The summed E-state index contributed by atoms with van der Waals surface area (Å²) in [6, 6.07) is 0. The molecule has 0 aromatic carbocycles. The van der Waals surface area contributed by atoms with Crippen LogP contribution in [0.15, 0.2) is 0 Å². The number of aliphatic hydroxyl groups is 1. The summed E-state index contributed by atoms with van der Waals surface area (Å²) in [6.45, 7) is 1.06. The Hall–Kier alpha value is -1.20. The van der Waals surface area contributed by atoms with Gasteiger partial charge in [-0.25, -0.2) is 4.98 Å². The van der Waals surface area contributed by atoms with E-state index in [4.69, 9.17) is 14.6 Å². The Balaban J connectivity index is 2.39. The van der Waals surface area contributed by atoms with Crippen molar-refractivity contribution in [1.29, 1.82) is 0 Å². The van der Waals surface area contributed by atoms with E-state index in [1.807, 2.05) is 0 Å². The predicted octanol–water partition coefficient (Wildman–Crippen LogP) is 0.0502. The average molecular weight is 196 g/mol. The van der Waals surface area contributed by atoms with Gasteiger partial charge >= 0.3 is 0 Å². The normalized spacial score (nSPS) is 14.1. The summed E-state index contributed by atoms with van der Waals surface area (Å²) in [7, 11) is 1.57. The Morgan fingerprint density at radius 3 is 3.00 bits per heavy atom. The van der Waals surface area contributed by atoms with Crippen molar-refractivity contribution in [3.63, 3.8) is 0 Å². The molecule has 5 heteroatoms. The van der Waals surface area contributed by atoms with E-state index in [0.717, 1.165) is 11.3 Å². The highest BCUT2D eigenvalue weighted by Crippen LogP contribution is 2.25. The SMILES string of the molecule is COc1nc(CCO)nc2c1COC2. The molecule has 0 fully saturated rings. The van der Waals surface area contributed by atoms with E-state index < -0.39 is 0 Å². The molecule has 1 aliphatic rings. The molecule has 0 unspecified atom stereocenters. The van der Waals surface area contributed by atoms with E-state index in [0.29, 0.717) is 31.3 Å². The summed E-state index contributed by atoms with van der Waals surface area (Å²) in [5, 5.41) is 8.78. The molecule has 2 heterocycles. The Kier molecular flexibility index (Phi) is 2.60. The van der Waals surface area contributed by atoms with E-state index in [-0.39, 0.29) is 6.61 Å². The molecule has 0 saturated heterocycles. The molecule has 0 aliphatic carbocycles. The van der Waals surface area contributed by atoms with Crippen molar-refractivity contribution in [2.24, 2.45) is 0 Å². The predicted molar refractivity (Wildman–Crippen MR) is 47.9 cm³/mol. The minimum Gasteiger partial charge on any atom is -0.481 e. The number of aromatic nitrogens is 2. The van der Waals surface area contributed by atoms with Gasteiger partial charge in [-0.1, -0.05) is 0 Å². The Morgan fingerprint density at radius 2 is 2.29 bits per heavy atom. The summed E-state index contributed by atoms with van der Waals surface area (Å²) in [4.78, 5) is 8.45. The number of rotatable bonds is 3. The molecule has 1 N–H and O–H groups in total. The second-order valence-corrected chi connectivity index (χ2v) is 3.04. The van der Waals surface area contributed by atoms with Crippen LogP contribution < -0.4 is 4.74 Å². The van der Waals surface area contributed by atoms with Crippen molar-refractivity contribution in [1.82, 2.24) is 9.97 Å². The lowest BCUT2D eigenvalue weighted by Crippen LogP contribution is -2.05. The van der Waals surface area contributed by atoms with Crippen molar-refractivity contribution < 1.29 is 14.6 Å². The molecule has 1 aromatic rings. The molecular weight excluding hydrogens is 184 g/mol. The first-order chi connectivity index (χ1) is 6.85. The van der Waals surface area contributed by atoms with Crippen molar-refractivity contribution in [3.8, 4) is 5.88 Å². The van der Waals surface area contributed by atoms with Crippen molar-refractivity contribution in [2.45, 2.75) is 19.6 Å². The van der Waals surface area contributed by atoms with Gasteiger partial charge in [-0.15, -0.1) is 0 Å². The third-order valence-corrected chi connectivity index (χ3v) is 2.12. The summed E-state index contributed by atoms with van der Waals surface area (Å²) in [5.74, 6) is 1.17. The number of ether oxygens (including phenoxy) is 2. The lowest BCUT2D eigenvalue weighted by atomic mass is 10.2. The third-order valence-electron chi connectivity index (χ3n) is 2.12. The van der Waals surface area contributed by atoms with Crippen molar-refractivity contribution in [3.05, 3.63) is 17.1 Å². The summed E-state index contributed by atoms with van der Waals surface area (Å²) >= 11 is 0. The van der Waals surface area contributed by atoms with Crippen molar-refractivity contribution >= 4 is 0 Å². The number of methoxy groups -OCH3 is 1. The molecule has 0 atom stereocenters. The van der Waals surface area contributed by atoms with Crippen LogP contribution in [-0.2, 0) is 24.4 Å². The summed E-state index contributed by atoms with van der Waals surface area (Å²) < 4.78 is 10.4. The Bertz CT molecular complexity index is 341. The van der Waals surface area contributed by atoms with E-state index in [1.165, 1.54) is 0 Å². The number of hydrogen-bond donors (Lipinski definition) is 1. The average Bonchev–Trinajstić information content (AvgIpc) is 2.65. The van der Waals surface area contributed by atoms with Gasteiger partial charge in [-0.2, -0.15) is 4.98 Å². The maximum absolute atomic E-state index is 8.78. The van der Waals surface area contributed by atoms with E-state index in [2.05, 4.69) is 9.97 Å². The molecule has 76 valence electrons. The minimum atomic E-state index is 0.0444. The zero-order valence-corrected chi connectivity index (χ0v) is 7.99. The molecular formula is C9H12N2O3. The smallest absolute Gasteiger partial charge is 0.222 e. The second kappa shape index (κ2) is 3.89. The highest BCUT2D eigenvalue weighted by Gasteiger charge is 2.20. The van der Waals surface area contributed by atoms with Gasteiger partial charge in [0.2, 0.25) is 5.88 Å². The van der Waals surface area contributed by atoms with Crippen LogP contribution in [-0.4, -0.2) is 28.8 Å². The standard InChI is InChI=1S/C9H12N2O3/c1-13-9-6-4-14-5-7(6)10-8(11-9)2-3-12/h12H,2-5H2,1H3. The molecule has 0 radical (unpaired) electrons. The summed E-state index contributed by atoms with van der Waals surface area (Å²) in [6.07, 6.45) is 0.448. The van der Waals surface area contributed by atoms with Gasteiger partial charge in [0.25, 0.3) is 0 Å². The van der Waals surface area contributed by atoms with Crippen LogP contribution in [0.1, 0.15) is 17.1 Å². The molecule has 5 nitrogen and oxygen atoms in total. The zero-order valence-electron chi connectivity index (χ0n) is 7.99. The van der Waals surface area contributed by atoms with Crippen molar-refractivity contribution in [2.75, 3.05) is 13.7 Å². The number of fused-ring (bicyclic) bond motifs is 1. The van der Waals surface area contributed by atoms with Gasteiger partial charge in [0.15, 0.2) is 0 Å². The Labute approximate surface area is 81.7 Å². The molecule has 1 aliphatic heterocycles. The number of hydrogen-bond acceptors (Lipinski definition) is 5. The van der Waals surface area contributed by atoms with Crippen LogP contribution in [0.4, 0.5) is 0 Å². The van der Waals surface area contributed by atoms with Crippen LogP contribution in [0, 0.1) is 0 Å². The molecule has 0 bridgehead atoms. The maximum Gasteiger partial charge on any atom is 0.222 e. The number of aliphatic hydroxyl groups excluding tert-OH is 1. The van der Waals surface area contributed by atoms with Crippen LogP contribution in [0.3, 0.4) is 0 Å². The van der Waals surface area contributed by atoms with Gasteiger partial charge in [-0.05, 0) is 0 Å². The second-order valence-electron chi connectivity index (χ2n) is 3.04. The molecule has 0 amide bonds. The Morgan fingerprint density at radius 1 is 1.43 bits per heavy atom. The van der Waals surface area contributed by atoms with Gasteiger partial charge in [0.05, 0.1) is 38.2 Å². The third kappa shape index (κ3) is 1.56. The first-order valence-corrected chi connectivity index (χ1v) is 4.46. The lowest BCUT2D eigenvalue weighted by molar-refractivity contribution is 0.132. The molecule has 1 aromatic heterocycles. The molecule has 0 spiro atoms. The minimum absolute atomic E-state index is 0.0444. The van der Waals surface area contributed by atoms with E-state index in [1.54, 1.807) is 7.11 Å². The van der Waals surface area contributed by atoms with Gasteiger partial charge in [-0.3, -0.25) is 0 Å². The molecule has 14 heavy (non-hydrogen) atoms. The number of nitrogens with zero attached hydrogens (tertiary/aromatic N) is 2. The van der Waals surface area contributed by atoms with Crippen LogP contribution in [0.2, 0.25) is 0 Å². The highest BCUT2D eigenvalue weighted by molar-refractivity contribution is 5.32. The fourth-order valence-electron chi connectivity index (χ4n) is 1.45.